The van der Waals surface area contributed by atoms with Gasteiger partial charge in [0.05, 0.1) is 0 Å². The average Bonchev–Trinajstić information content (AvgIpc) is 2.42. The van der Waals surface area contributed by atoms with Crippen molar-refractivity contribution in [2.75, 3.05) is 5.73 Å². The molecular formula is C15H22N2O3. The molecule has 0 heterocycles. The first-order valence-corrected chi connectivity index (χ1v) is 6.89. The number of hydrogen-bond acceptors (Lipinski definition) is 3. The van der Waals surface area contributed by atoms with Gasteiger partial charge in [-0.3, -0.25) is 4.79 Å². The molecule has 5 nitrogen and oxygen atoms in total. The van der Waals surface area contributed by atoms with Crippen molar-refractivity contribution in [2.45, 2.75) is 45.1 Å². The van der Waals surface area contributed by atoms with Crippen LogP contribution in [0.2, 0.25) is 0 Å². The van der Waals surface area contributed by atoms with Crippen LogP contribution in [0.4, 0.5) is 5.69 Å². The number of carboxylic acids is 1. The van der Waals surface area contributed by atoms with Gasteiger partial charge in [0.25, 0.3) is 0 Å². The highest BCUT2D eigenvalue weighted by atomic mass is 16.4. The third-order valence-corrected chi connectivity index (χ3v) is 3.10. The third-order valence-electron chi connectivity index (χ3n) is 3.10. The summed E-state index contributed by atoms with van der Waals surface area (Å²) >= 11 is 0. The fraction of sp³-hybridized carbons (Fsp3) is 0.467. The predicted molar refractivity (Wildman–Crippen MR) is 78.3 cm³/mol. The summed E-state index contributed by atoms with van der Waals surface area (Å²) in [6.07, 6.45) is 3.02. The van der Waals surface area contributed by atoms with Gasteiger partial charge in [-0.25, -0.2) is 4.79 Å². The fourth-order valence-corrected chi connectivity index (χ4v) is 1.87. The van der Waals surface area contributed by atoms with E-state index >= 15 is 0 Å². The summed E-state index contributed by atoms with van der Waals surface area (Å²) in [5.74, 6) is -1.20. The minimum absolute atomic E-state index is 0.231. The second kappa shape index (κ2) is 8.19. The van der Waals surface area contributed by atoms with Crippen molar-refractivity contribution in [1.29, 1.82) is 0 Å². The lowest BCUT2D eigenvalue weighted by Crippen LogP contribution is -2.40. The van der Waals surface area contributed by atoms with E-state index in [1.165, 1.54) is 0 Å². The first kappa shape index (κ1) is 16.0. The molecule has 1 atom stereocenters. The minimum Gasteiger partial charge on any atom is -0.480 e. The molecule has 110 valence electrons. The van der Waals surface area contributed by atoms with Gasteiger partial charge in [-0.15, -0.1) is 0 Å². The summed E-state index contributed by atoms with van der Waals surface area (Å²) in [7, 11) is 0. The van der Waals surface area contributed by atoms with Gasteiger partial charge in [0.2, 0.25) is 5.91 Å². The maximum Gasteiger partial charge on any atom is 0.326 e. The van der Waals surface area contributed by atoms with Gasteiger partial charge in [-0.05, 0) is 30.5 Å². The maximum absolute atomic E-state index is 11.8. The molecule has 0 saturated carbocycles. The molecular weight excluding hydrogens is 256 g/mol. The summed E-state index contributed by atoms with van der Waals surface area (Å²) in [4.78, 5) is 22.8. The summed E-state index contributed by atoms with van der Waals surface area (Å²) in [6, 6.07) is 6.53. The number of carboxylic acid groups (broad SMARTS) is 1. The SMILES string of the molecule is CCCCC(NC(=O)CCc1ccc(N)cc1)C(=O)O. The summed E-state index contributed by atoms with van der Waals surface area (Å²) in [5, 5.41) is 11.6. The molecule has 4 N–H and O–H groups in total. The van der Waals surface area contributed by atoms with E-state index in [0.717, 1.165) is 18.4 Å². The molecule has 0 aliphatic rings. The van der Waals surface area contributed by atoms with E-state index in [2.05, 4.69) is 5.32 Å². The average molecular weight is 278 g/mol. The Morgan fingerprint density at radius 3 is 2.50 bits per heavy atom. The number of carbonyl (C=O) groups excluding carboxylic acids is 1. The number of nitrogens with one attached hydrogen (secondary N) is 1. The van der Waals surface area contributed by atoms with Crippen molar-refractivity contribution >= 4 is 17.6 Å². The van der Waals surface area contributed by atoms with Crippen molar-refractivity contribution in [1.82, 2.24) is 5.32 Å². The molecule has 0 radical (unpaired) electrons. The van der Waals surface area contributed by atoms with Crippen LogP contribution >= 0.6 is 0 Å². The second-order valence-electron chi connectivity index (χ2n) is 4.84. The number of unbranched alkanes of at least 4 members (excludes halogenated alkanes) is 1. The molecule has 0 fully saturated rings. The van der Waals surface area contributed by atoms with E-state index in [4.69, 9.17) is 10.8 Å². The summed E-state index contributed by atoms with van der Waals surface area (Å²) in [6.45, 7) is 1.99. The van der Waals surface area contributed by atoms with Crippen LogP contribution in [-0.4, -0.2) is 23.0 Å². The molecule has 0 bridgehead atoms. The standard InChI is InChI=1S/C15H22N2O3/c1-2-3-4-13(15(19)20)17-14(18)10-7-11-5-8-12(16)9-6-11/h5-6,8-9,13H,2-4,7,10,16H2,1H3,(H,17,18)(H,19,20). The number of amides is 1. The number of nitrogen functional groups attached to an aromatic ring is 1. The Morgan fingerprint density at radius 2 is 1.95 bits per heavy atom. The van der Waals surface area contributed by atoms with E-state index in [9.17, 15) is 9.59 Å². The van der Waals surface area contributed by atoms with Crippen LogP contribution in [0.3, 0.4) is 0 Å². The van der Waals surface area contributed by atoms with E-state index in [0.29, 0.717) is 18.5 Å². The molecule has 0 aromatic heterocycles. The number of aryl methyl sites for hydroxylation is 1. The Labute approximate surface area is 119 Å². The molecule has 20 heavy (non-hydrogen) atoms. The molecule has 1 aromatic carbocycles. The third kappa shape index (κ3) is 5.73. The summed E-state index contributed by atoms with van der Waals surface area (Å²) in [5.41, 5.74) is 7.28. The number of carbonyl (C=O) groups is 2. The molecule has 1 unspecified atom stereocenters. The largest absolute Gasteiger partial charge is 0.480 e. The first-order valence-electron chi connectivity index (χ1n) is 6.89. The van der Waals surface area contributed by atoms with Crippen LogP contribution in [0.1, 0.15) is 38.2 Å². The molecule has 0 saturated heterocycles. The van der Waals surface area contributed by atoms with Crippen molar-refractivity contribution in [3.8, 4) is 0 Å². The van der Waals surface area contributed by atoms with Crippen LogP contribution in [0.25, 0.3) is 0 Å². The Bertz CT molecular complexity index is 443. The van der Waals surface area contributed by atoms with Crippen LogP contribution < -0.4 is 11.1 Å². The van der Waals surface area contributed by atoms with E-state index in [-0.39, 0.29) is 12.3 Å². The van der Waals surface area contributed by atoms with Gasteiger partial charge in [0, 0.05) is 12.1 Å². The Hall–Kier alpha value is -2.04. The van der Waals surface area contributed by atoms with Gasteiger partial charge in [-0.2, -0.15) is 0 Å². The smallest absolute Gasteiger partial charge is 0.326 e. The summed E-state index contributed by atoms with van der Waals surface area (Å²) < 4.78 is 0. The lowest BCUT2D eigenvalue weighted by atomic mass is 10.1. The van der Waals surface area contributed by atoms with E-state index in [1.807, 2.05) is 19.1 Å². The van der Waals surface area contributed by atoms with Crippen LogP contribution in [-0.2, 0) is 16.0 Å². The number of anilines is 1. The fourth-order valence-electron chi connectivity index (χ4n) is 1.87. The molecule has 0 spiro atoms. The lowest BCUT2D eigenvalue weighted by molar-refractivity contribution is -0.142. The highest BCUT2D eigenvalue weighted by Gasteiger charge is 2.18. The number of nitrogens with two attached hydrogens (primary N) is 1. The number of rotatable bonds is 8. The zero-order valence-corrected chi connectivity index (χ0v) is 11.8. The topological polar surface area (TPSA) is 92.4 Å². The second-order valence-corrected chi connectivity index (χ2v) is 4.84. The molecule has 0 aliphatic heterocycles. The van der Waals surface area contributed by atoms with Crippen LogP contribution in [0, 0.1) is 0 Å². The highest BCUT2D eigenvalue weighted by molar-refractivity contribution is 5.83. The Balaban J connectivity index is 2.41. The highest BCUT2D eigenvalue weighted by Crippen LogP contribution is 2.08. The quantitative estimate of drug-likeness (QED) is 0.634. The maximum atomic E-state index is 11.8. The monoisotopic (exact) mass is 278 g/mol. The molecule has 5 heteroatoms. The first-order chi connectivity index (χ1) is 9.52. The van der Waals surface area contributed by atoms with Crippen molar-refractivity contribution in [3.05, 3.63) is 29.8 Å². The van der Waals surface area contributed by atoms with Gasteiger partial charge < -0.3 is 16.2 Å². The number of aliphatic carboxylic acids is 1. The van der Waals surface area contributed by atoms with Crippen molar-refractivity contribution in [3.63, 3.8) is 0 Å². The molecule has 1 rings (SSSR count). The predicted octanol–water partition coefficient (Wildman–Crippen LogP) is 1.96. The molecule has 0 aliphatic carbocycles. The Morgan fingerprint density at radius 1 is 1.30 bits per heavy atom. The minimum atomic E-state index is -0.973. The zero-order chi connectivity index (χ0) is 15.0. The molecule has 1 aromatic rings. The van der Waals surface area contributed by atoms with Crippen molar-refractivity contribution < 1.29 is 14.7 Å². The van der Waals surface area contributed by atoms with Gasteiger partial charge in [0.1, 0.15) is 6.04 Å². The lowest BCUT2D eigenvalue weighted by Gasteiger charge is -2.14. The number of hydrogen-bond donors (Lipinski definition) is 3. The van der Waals surface area contributed by atoms with Gasteiger partial charge >= 0.3 is 5.97 Å². The van der Waals surface area contributed by atoms with E-state index in [1.54, 1.807) is 12.1 Å². The number of benzene rings is 1. The zero-order valence-electron chi connectivity index (χ0n) is 11.8. The van der Waals surface area contributed by atoms with Crippen molar-refractivity contribution in [2.24, 2.45) is 0 Å². The normalized spacial score (nSPS) is 11.8. The Kier molecular flexibility index (Phi) is 6.56. The van der Waals surface area contributed by atoms with Crippen LogP contribution in [0.5, 0.6) is 0 Å². The van der Waals surface area contributed by atoms with Gasteiger partial charge in [-0.1, -0.05) is 31.9 Å². The van der Waals surface area contributed by atoms with Crippen LogP contribution in [0.15, 0.2) is 24.3 Å². The molecule has 1 amide bonds. The van der Waals surface area contributed by atoms with Gasteiger partial charge in [0.15, 0.2) is 0 Å². The van der Waals surface area contributed by atoms with E-state index < -0.39 is 12.0 Å².